The second-order valence-corrected chi connectivity index (χ2v) is 6.32. The van der Waals surface area contributed by atoms with E-state index in [1.165, 1.54) is 0 Å². The third-order valence-corrected chi connectivity index (χ3v) is 4.36. The molecular formula is C24H23N5O. The number of nitrogens with two attached hydrogens (primary N) is 2. The minimum Gasteiger partial charge on any atom is -0.497 e. The fourth-order valence-electron chi connectivity index (χ4n) is 2.90. The van der Waals surface area contributed by atoms with Crippen molar-refractivity contribution in [3.63, 3.8) is 0 Å². The molecule has 0 aliphatic rings. The van der Waals surface area contributed by atoms with E-state index in [0.717, 1.165) is 11.3 Å². The number of aromatic nitrogens is 2. The van der Waals surface area contributed by atoms with Gasteiger partial charge in [-0.15, -0.1) is 0 Å². The highest BCUT2D eigenvalue weighted by Crippen LogP contribution is 2.32. The van der Waals surface area contributed by atoms with Gasteiger partial charge < -0.3 is 16.2 Å². The highest BCUT2D eigenvalue weighted by molar-refractivity contribution is 6.07. The molecule has 4 rings (SSSR count). The number of anilines is 1. The van der Waals surface area contributed by atoms with Crippen LogP contribution in [0.1, 0.15) is 5.56 Å². The van der Waals surface area contributed by atoms with E-state index in [-0.39, 0.29) is 5.84 Å². The van der Waals surface area contributed by atoms with Crippen molar-refractivity contribution >= 4 is 11.5 Å². The summed E-state index contributed by atoms with van der Waals surface area (Å²) in [7, 11) is 1.66. The van der Waals surface area contributed by atoms with E-state index in [1.54, 1.807) is 19.5 Å². The fraction of sp³-hybridized carbons (Fsp3) is 0.0417. The molecule has 0 aliphatic carbocycles. The number of rotatable bonds is 4. The van der Waals surface area contributed by atoms with Gasteiger partial charge in [-0.3, -0.25) is 15.4 Å². The van der Waals surface area contributed by atoms with Crippen molar-refractivity contribution in [3.05, 3.63) is 96.8 Å². The average Bonchev–Trinajstić information content (AvgIpc) is 2.80. The molecule has 0 unspecified atom stereocenters. The Morgan fingerprint density at radius 2 is 1.50 bits per heavy atom. The molecule has 0 atom stereocenters. The Morgan fingerprint density at radius 3 is 2.03 bits per heavy atom. The Balaban J connectivity index is 0.000000269. The molecule has 2 aromatic heterocycles. The first-order valence-corrected chi connectivity index (χ1v) is 9.30. The molecule has 30 heavy (non-hydrogen) atoms. The molecule has 4 aromatic rings. The van der Waals surface area contributed by atoms with Gasteiger partial charge in [0.05, 0.1) is 29.7 Å². The van der Waals surface area contributed by atoms with Crippen LogP contribution in [-0.2, 0) is 0 Å². The third kappa shape index (κ3) is 4.80. The van der Waals surface area contributed by atoms with Crippen molar-refractivity contribution in [2.75, 3.05) is 12.8 Å². The molecule has 0 bridgehead atoms. The van der Waals surface area contributed by atoms with Gasteiger partial charge >= 0.3 is 0 Å². The van der Waals surface area contributed by atoms with Crippen LogP contribution in [-0.4, -0.2) is 22.9 Å². The number of nitrogens with zero attached hydrogens (tertiary/aromatic N) is 2. The third-order valence-electron chi connectivity index (χ3n) is 4.36. The maximum absolute atomic E-state index is 7.86. The Bertz CT molecular complexity index is 1100. The van der Waals surface area contributed by atoms with Crippen molar-refractivity contribution in [1.82, 2.24) is 9.97 Å². The molecule has 0 fully saturated rings. The summed E-state index contributed by atoms with van der Waals surface area (Å²) >= 11 is 0. The Kier molecular flexibility index (Phi) is 6.74. The molecule has 0 spiro atoms. The number of nitrogens with one attached hydrogen (secondary N) is 1. The van der Waals surface area contributed by atoms with Crippen LogP contribution in [0, 0.1) is 5.41 Å². The smallest absolute Gasteiger partial charge is 0.127 e. The van der Waals surface area contributed by atoms with Crippen LogP contribution in [0.5, 0.6) is 5.75 Å². The lowest BCUT2D eigenvalue weighted by Crippen LogP contribution is -2.17. The first-order chi connectivity index (χ1) is 14.6. The molecule has 0 saturated carbocycles. The van der Waals surface area contributed by atoms with Crippen LogP contribution >= 0.6 is 0 Å². The van der Waals surface area contributed by atoms with Gasteiger partial charge in [-0.2, -0.15) is 0 Å². The lowest BCUT2D eigenvalue weighted by Gasteiger charge is -2.14. The van der Waals surface area contributed by atoms with E-state index >= 15 is 0 Å². The number of pyridine rings is 2. The van der Waals surface area contributed by atoms with Crippen LogP contribution in [0.2, 0.25) is 0 Å². The molecule has 0 amide bonds. The Labute approximate surface area is 175 Å². The fourth-order valence-corrected chi connectivity index (χ4v) is 2.90. The molecule has 0 aliphatic heterocycles. The summed E-state index contributed by atoms with van der Waals surface area (Å²) in [6, 6.07) is 24.8. The molecular weight excluding hydrogens is 374 g/mol. The minimum atomic E-state index is -0.110. The predicted molar refractivity (Wildman–Crippen MR) is 121 cm³/mol. The number of benzene rings is 2. The van der Waals surface area contributed by atoms with Gasteiger partial charge in [-0.1, -0.05) is 54.6 Å². The van der Waals surface area contributed by atoms with E-state index in [0.29, 0.717) is 28.2 Å². The van der Waals surface area contributed by atoms with Crippen LogP contribution < -0.4 is 16.2 Å². The highest BCUT2D eigenvalue weighted by Gasteiger charge is 2.17. The van der Waals surface area contributed by atoms with Crippen LogP contribution in [0.15, 0.2) is 91.3 Å². The monoisotopic (exact) mass is 397 g/mol. The number of amidine groups is 1. The van der Waals surface area contributed by atoms with E-state index < -0.39 is 0 Å². The second kappa shape index (κ2) is 9.84. The topological polar surface area (TPSA) is 111 Å². The number of hydrogen-bond donors (Lipinski definition) is 3. The SMILES string of the molecule is COc1ccccc1.N=C(N)c1c(-c2ccccc2)ncc(-c2ccccn2)c1N. The number of nitrogen functional groups attached to an aromatic ring is 2. The zero-order valence-electron chi connectivity index (χ0n) is 16.6. The lowest BCUT2D eigenvalue weighted by atomic mass is 9.99. The van der Waals surface area contributed by atoms with E-state index in [9.17, 15) is 0 Å². The summed E-state index contributed by atoms with van der Waals surface area (Å²) in [5, 5.41) is 7.86. The highest BCUT2D eigenvalue weighted by atomic mass is 16.5. The first-order valence-electron chi connectivity index (χ1n) is 9.30. The van der Waals surface area contributed by atoms with E-state index in [4.69, 9.17) is 21.6 Å². The average molecular weight is 397 g/mol. The van der Waals surface area contributed by atoms with Crippen molar-refractivity contribution < 1.29 is 4.74 Å². The molecule has 6 nitrogen and oxygen atoms in total. The molecule has 2 heterocycles. The van der Waals surface area contributed by atoms with Gasteiger partial charge in [-0.25, -0.2) is 0 Å². The van der Waals surface area contributed by atoms with E-state index in [1.807, 2.05) is 78.9 Å². The Hall–Kier alpha value is -4.19. The van der Waals surface area contributed by atoms with Crippen molar-refractivity contribution in [2.45, 2.75) is 0 Å². The zero-order valence-corrected chi connectivity index (χ0v) is 16.6. The van der Waals surface area contributed by atoms with Crippen molar-refractivity contribution in [2.24, 2.45) is 5.73 Å². The molecule has 5 N–H and O–H groups in total. The zero-order chi connectivity index (χ0) is 21.3. The standard InChI is InChI=1S/C17H15N5.C7H8O/c18-15-12(13-8-4-5-9-21-13)10-22-16(14(15)17(19)20)11-6-2-1-3-7-11;1-8-7-5-3-2-4-6-7/h1-10H,(H2,18,22)(H3,19,20);2-6H,1H3. The number of ether oxygens (including phenoxy) is 1. The predicted octanol–water partition coefficient (Wildman–Crippen LogP) is 4.37. The van der Waals surface area contributed by atoms with E-state index in [2.05, 4.69) is 9.97 Å². The van der Waals surface area contributed by atoms with Crippen LogP contribution in [0.25, 0.3) is 22.5 Å². The Morgan fingerprint density at radius 1 is 0.867 bits per heavy atom. The summed E-state index contributed by atoms with van der Waals surface area (Å²) in [5.74, 6) is 0.800. The summed E-state index contributed by atoms with van der Waals surface area (Å²) in [6.07, 6.45) is 3.36. The molecule has 6 heteroatoms. The number of methoxy groups -OCH3 is 1. The molecule has 150 valence electrons. The van der Waals surface area contributed by atoms with Crippen LogP contribution in [0.3, 0.4) is 0 Å². The van der Waals surface area contributed by atoms with Crippen LogP contribution in [0.4, 0.5) is 5.69 Å². The van der Waals surface area contributed by atoms with Crippen molar-refractivity contribution in [1.29, 1.82) is 5.41 Å². The molecule has 0 radical (unpaired) electrons. The largest absolute Gasteiger partial charge is 0.497 e. The molecule has 2 aromatic carbocycles. The van der Waals surface area contributed by atoms with Gasteiger partial charge in [0.15, 0.2) is 0 Å². The number of hydrogen-bond acceptors (Lipinski definition) is 5. The van der Waals surface area contributed by atoms with Gasteiger partial charge in [0, 0.05) is 23.5 Å². The first kappa shape index (κ1) is 20.5. The van der Waals surface area contributed by atoms with Gasteiger partial charge in [0.2, 0.25) is 0 Å². The normalized spacial score (nSPS) is 9.90. The summed E-state index contributed by atoms with van der Waals surface area (Å²) < 4.78 is 4.91. The van der Waals surface area contributed by atoms with Crippen molar-refractivity contribution in [3.8, 4) is 28.3 Å². The maximum Gasteiger partial charge on any atom is 0.127 e. The minimum absolute atomic E-state index is 0.110. The summed E-state index contributed by atoms with van der Waals surface area (Å²) in [5.41, 5.74) is 15.7. The summed E-state index contributed by atoms with van der Waals surface area (Å²) in [4.78, 5) is 8.75. The maximum atomic E-state index is 7.86. The summed E-state index contributed by atoms with van der Waals surface area (Å²) in [6.45, 7) is 0. The molecule has 0 saturated heterocycles. The number of para-hydroxylation sites is 1. The lowest BCUT2D eigenvalue weighted by molar-refractivity contribution is 0.415. The van der Waals surface area contributed by atoms with Gasteiger partial charge in [0.25, 0.3) is 0 Å². The van der Waals surface area contributed by atoms with Gasteiger partial charge in [-0.05, 0) is 24.3 Å². The second-order valence-electron chi connectivity index (χ2n) is 6.32. The quantitative estimate of drug-likeness (QED) is 0.350. The van der Waals surface area contributed by atoms with Gasteiger partial charge in [0.1, 0.15) is 11.6 Å².